The van der Waals surface area contributed by atoms with Crippen LogP contribution in [0.2, 0.25) is 0 Å². The summed E-state index contributed by atoms with van der Waals surface area (Å²) in [6.07, 6.45) is 8.34. The van der Waals surface area contributed by atoms with Gasteiger partial charge in [0, 0.05) is 26.2 Å². The average molecular weight is 905 g/mol. The lowest BCUT2D eigenvalue weighted by atomic mass is 9.89. The normalized spacial score (nSPS) is 18.5. The van der Waals surface area contributed by atoms with E-state index in [-0.39, 0.29) is 23.9 Å². The smallest absolute Gasteiger partial charge is 0.313 e. The van der Waals surface area contributed by atoms with Crippen molar-refractivity contribution in [1.82, 2.24) is 29.6 Å². The van der Waals surface area contributed by atoms with Crippen LogP contribution >= 0.6 is 0 Å². The molecule has 354 valence electrons. The number of ether oxygens (including phenoxy) is 2. The molecule has 6 rings (SSSR count). The van der Waals surface area contributed by atoms with Gasteiger partial charge in [-0.05, 0) is 143 Å². The molecule has 16 heteroatoms. The Kier molecular flexibility index (Phi) is 17.3. The van der Waals surface area contributed by atoms with Crippen molar-refractivity contribution in [3.8, 4) is 11.5 Å². The zero-order valence-corrected chi connectivity index (χ0v) is 39.4. The van der Waals surface area contributed by atoms with Crippen LogP contribution in [0.3, 0.4) is 0 Å². The number of carbonyl (C=O) groups excluding carboxylic acids is 4. The van der Waals surface area contributed by atoms with Gasteiger partial charge in [-0.25, -0.2) is 9.97 Å². The Balaban J connectivity index is 0.978. The molecule has 0 unspecified atom stereocenters. The highest BCUT2D eigenvalue weighted by atomic mass is 16.5. The van der Waals surface area contributed by atoms with Gasteiger partial charge in [0.15, 0.2) is 0 Å². The molecule has 66 heavy (non-hydrogen) atoms. The van der Waals surface area contributed by atoms with Crippen LogP contribution in [0.1, 0.15) is 87.2 Å². The Bertz CT molecular complexity index is 2310. The van der Waals surface area contributed by atoms with Gasteiger partial charge in [-0.3, -0.25) is 19.2 Å². The first-order valence-electron chi connectivity index (χ1n) is 23.2. The molecule has 6 N–H and O–H groups in total. The van der Waals surface area contributed by atoms with Gasteiger partial charge in [-0.1, -0.05) is 45.0 Å². The summed E-state index contributed by atoms with van der Waals surface area (Å²) < 4.78 is 12.2. The van der Waals surface area contributed by atoms with Crippen LogP contribution in [0.5, 0.6) is 11.5 Å². The van der Waals surface area contributed by atoms with E-state index in [9.17, 15) is 19.2 Å². The molecule has 0 bridgehead atoms. The molecule has 2 fully saturated rings. The van der Waals surface area contributed by atoms with Crippen LogP contribution in [-0.2, 0) is 32.0 Å². The number of rotatable bonds is 17. The Morgan fingerprint density at radius 2 is 1.17 bits per heavy atom. The molecule has 16 nitrogen and oxygen atoms in total. The summed E-state index contributed by atoms with van der Waals surface area (Å²) in [6, 6.07) is 18.6. The number of aromatic nitrogens is 2. The third kappa shape index (κ3) is 13.4. The summed E-state index contributed by atoms with van der Waals surface area (Å²) in [4.78, 5) is 70.1. The van der Waals surface area contributed by atoms with Gasteiger partial charge in [0.25, 0.3) is 0 Å². The summed E-state index contributed by atoms with van der Waals surface area (Å²) in [5.74, 6) is 0.126. The highest BCUT2D eigenvalue weighted by molar-refractivity contribution is 6.40. The molecule has 4 atom stereocenters. The minimum Gasteiger partial charge on any atom is -0.492 e. The van der Waals surface area contributed by atoms with Gasteiger partial charge < -0.3 is 51.2 Å². The van der Waals surface area contributed by atoms with E-state index in [0.29, 0.717) is 74.4 Å². The predicted molar refractivity (Wildman–Crippen MR) is 258 cm³/mol. The van der Waals surface area contributed by atoms with Crippen molar-refractivity contribution in [1.29, 1.82) is 0 Å². The van der Waals surface area contributed by atoms with E-state index < -0.39 is 23.6 Å². The number of amides is 4. The van der Waals surface area contributed by atoms with Crippen LogP contribution in [0.15, 0.2) is 73.1 Å². The van der Waals surface area contributed by atoms with Gasteiger partial charge in [0.05, 0.1) is 35.9 Å². The third-order valence-electron chi connectivity index (χ3n) is 12.5. The maximum atomic E-state index is 13.8. The summed E-state index contributed by atoms with van der Waals surface area (Å²) in [5.41, 5.74) is 16.5. The second-order valence-electron chi connectivity index (χ2n) is 18.2. The minimum atomic E-state index is -0.712. The lowest BCUT2D eigenvalue weighted by molar-refractivity contribution is -0.146. The second-order valence-corrected chi connectivity index (χ2v) is 18.2. The van der Waals surface area contributed by atoms with Gasteiger partial charge in [-0.2, -0.15) is 0 Å². The number of carbonyl (C=O) groups is 4. The zero-order valence-electron chi connectivity index (χ0n) is 39.4. The van der Waals surface area contributed by atoms with Crippen molar-refractivity contribution in [2.24, 2.45) is 11.8 Å². The lowest BCUT2D eigenvalue weighted by Crippen LogP contribution is -2.46. The molecule has 4 heterocycles. The second kappa shape index (κ2) is 23.3. The molecule has 2 aromatic carbocycles. The van der Waals surface area contributed by atoms with E-state index in [4.69, 9.17) is 20.9 Å². The first-order valence-corrected chi connectivity index (χ1v) is 23.2. The molecule has 0 spiro atoms. The monoisotopic (exact) mass is 905 g/mol. The standard InChI is InChI=1S/C50H68N10O6/c1-7-35-25-39(29-53-45(35)51)55-47(61)49(63)59-31-33(2)17-19-44(59)37-12-9-15-42(28-37)66-24-22-58(6)20-10-13-38-26-40(30-54-46(38)52)56-48(62)50(64)60-32-34(3)16-18-43(60)36-11-8-14-41(27-36)65-23-21-57(4)5/h8-9,11-12,14-15,25-30,33-34,43-44H,7,10,13,16-24,31-32H2,1-6H3,(H2,51,53)(H2,52,54)(H,55,61)(H,56,62)/t33-,34-,43+,44+/m0/s1. The predicted octanol–water partition coefficient (Wildman–Crippen LogP) is 5.96. The number of likely N-dealkylation sites (N-methyl/N-ethyl adjacent to an activating group) is 2. The molecule has 2 aliphatic rings. The van der Waals surface area contributed by atoms with E-state index in [1.165, 1.54) is 12.4 Å². The van der Waals surface area contributed by atoms with Crippen LogP contribution < -0.4 is 31.6 Å². The van der Waals surface area contributed by atoms with Crippen molar-refractivity contribution < 1.29 is 28.7 Å². The largest absolute Gasteiger partial charge is 0.492 e. The Morgan fingerprint density at radius 1 is 0.682 bits per heavy atom. The Labute approximate surface area is 389 Å². The molecule has 0 aliphatic carbocycles. The number of nitrogens with one attached hydrogen (secondary N) is 2. The molecule has 2 aliphatic heterocycles. The number of nitrogens with zero attached hydrogens (tertiary/aromatic N) is 6. The number of hydrogen-bond acceptors (Lipinski definition) is 12. The number of hydrogen-bond donors (Lipinski definition) is 4. The fourth-order valence-electron chi connectivity index (χ4n) is 8.68. The van der Waals surface area contributed by atoms with Gasteiger partial charge in [0.1, 0.15) is 36.3 Å². The number of nitrogen functional groups attached to an aromatic ring is 2. The van der Waals surface area contributed by atoms with Crippen LogP contribution in [0.4, 0.5) is 23.0 Å². The highest BCUT2D eigenvalue weighted by Crippen LogP contribution is 2.36. The molecule has 0 saturated carbocycles. The Morgan fingerprint density at radius 3 is 1.67 bits per heavy atom. The van der Waals surface area contributed by atoms with Gasteiger partial charge in [0.2, 0.25) is 0 Å². The maximum absolute atomic E-state index is 13.8. The quantitative estimate of drug-likeness (QED) is 0.0908. The number of pyridine rings is 2. The number of likely N-dealkylation sites (tertiary alicyclic amines) is 2. The first kappa shape index (κ1) is 49.2. The van der Waals surface area contributed by atoms with Crippen LogP contribution in [-0.4, -0.2) is 120 Å². The average Bonchev–Trinajstić information content (AvgIpc) is 3.30. The summed E-state index contributed by atoms with van der Waals surface area (Å²) >= 11 is 0. The lowest BCUT2D eigenvalue weighted by Gasteiger charge is -2.38. The van der Waals surface area contributed by atoms with Crippen molar-refractivity contribution in [2.45, 2.75) is 77.8 Å². The number of benzene rings is 2. The molecule has 4 amide bonds. The third-order valence-corrected chi connectivity index (χ3v) is 12.5. The van der Waals surface area contributed by atoms with Crippen molar-refractivity contribution >= 4 is 46.6 Å². The zero-order chi connectivity index (χ0) is 47.3. The van der Waals surface area contributed by atoms with Crippen molar-refractivity contribution in [3.63, 3.8) is 0 Å². The summed E-state index contributed by atoms with van der Waals surface area (Å²) in [6.45, 7) is 10.3. The van der Waals surface area contributed by atoms with E-state index in [0.717, 1.165) is 73.2 Å². The molecule has 4 aromatic rings. The number of aryl methyl sites for hydroxylation is 2. The van der Waals surface area contributed by atoms with Gasteiger partial charge in [-0.15, -0.1) is 0 Å². The van der Waals surface area contributed by atoms with E-state index in [1.54, 1.807) is 21.9 Å². The molecular weight excluding hydrogens is 837 g/mol. The van der Waals surface area contributed by atoms with Crippen molar-refractivity contribution in [2.75, 3.05) is 89.2 Å². The summed E-state index contributed by atoms with van der Waals surface area (Å²) in [5, 5.41) is 5.51. The SMILES string of the molecule is CCc1cc(NC(=O)C(=O)N2C[C@@H](C)CC[C@@H]2c2cccc(OCCN(C)CCCc3cc(NC(=O)C(=O)N4C[C@@H](C)CC[C@@H]4c4cccc(OCCN(C)C)c4)cnc3N)c2)cnc1N. The van der Waals surface area contributed by atoms with E-state index in [2.05, 4.69) is 44.2 Å². The van der Waals surface area contributed by atoms with Gasteiger partial charge >= 0.3 is 23.6 Å². The fraction of sp³-hybridized carbons (Fsp3) is 0.480. The first-order chi connectivity index (χ1) is 31.7. The van der Waals surface area contributed by atoms with E-state index in [1.807, 2.05) is 76.6 Å². The van der Waals surface area contributed by atoms with E-state index >= 15 is 0 Å². The highest BCUT2D eigenvalue weighted by Gasteiger charge is 2.36. The maximum Gasteiger partial charge on any atom is 0.313 e. The fourth-order valence-corrected chi connectivity index (χ4v) is 8.68. The molecule has 2 aromatic heterocycles. The van der Waals surface area contributed by atoms with Crippen molar-refractivity contribution in [3.05, 3.63) is 95.3 Å². The molecular formula is C50H68N10O6. The van der Waals surface area contributed by atoms with Crippen LogP contribution in [0, 0.1) is 11.8 Å². The number of piperidine rings is 2. The molecule has 0 radical (unpaired) electrons. The Hall–Kier alpha value is -6.26. The minimum absolute atomic E-state index is 0.242. The topological polar surface area (TPSA) is 202 Å². The summed E-state index contributed by atoms with van der Waals surface area (Å²) in [7, 11) is 6.01. The number of anilines is 4. The number of nitrogens with two attached hydrogens (primary N) is 2. The molecule has 2 saturated heterocycles. The van der Waals surface area contributed by atoms with Crippen LogP contribution in [0.25, 0.3) is 0 Å².